The molecule has 1 amide bonds. The molecule has 3 rings (SSSR count). The van der Waals surface area contributed by atoms with Crippen LogP contribution in [0.25, 0.3) is 6.08 Å². The van der Waals surface area contributed by atoms with Gasteiger partial charge < -0.3 is 14.7 Å². The van der Waals surface area contributed by atoms with E-state index in [0.29, 0.717) is 19.0 Å². The van der Waals surface area contributed by atoms with Gasteiger partial charge in [-0.15, -0.1) is 0 Å². The average Bonchev–Trinajstić information content (AvgIpc) is 3.14. The minimum atomic E-state index is -1.37. The molecule has 1 aliphatic carbocycles. The highest BCUT2D eigenvalue weighted by atomic mass is 16.5. The molecule has 1 aliphatic heterocycles. The maximum absolute atomic E-state index is 11.6. The fraction of sp³-hybridized carbons (Fsp3) is 0.500. The van der Waals surface area contributed by atoms with Crippen LogP contribution in [0.5, 0.6) is 5.75 Å². The summed E-state index contributed by atoms with van der Waals surface area (Å²) in [7, 11) is 1.70. The number of allylic oxidation sites excluding steroid dienone is 1. The van der Waals surface area contributed by atoms with Crippen LogP contribution in [0.1, 0.15) is 55.6 Å². The van der Waals surface area contributed by atoms with Crippen LogP contribution in [-0.4, -0.2) is 42.1 Å². The summed E-state index contributed by atoms with van der Waals surface area (Å²) in [6, 6.07) is 6.31. The number of carbonyl (C=O) groups excluding carboxylic acids is 1. The molecule has 0 radical (unpaired) electrons. The number of nitrogens with zero attached hydrogens (tertiary/aromatic N) is 1. The Balaban J connectivity index is 1.74. The molecule has 1 aromatic carbocycles. The van der Waals surface area contributed by atoms with Crippen molar-refractivity contribution in [3.63, 3.8) is 0 Å². The second-order valence-corrected chi connectivity index (χ2v) is 6.88. The molecule has 0 bridgehead atoms. The van der Waals surface area contributed by atoms with Gasteiger partial charge in [0.1, 0.15) is 5.75 Å². The first-order chi connectivity index (χ1) is 12.1. The number of carboxylic acid groups (broad SMARTS) is 1. The highest BCUT2D eigenvalue weighted by molar-refractivity contribution is 6.31. The molecule has 134 valence electrons. The molecule has 1 aromatic rings. The number of amides is 1. The third-order valence-corrected chi connectivity index (χ3v) is 5.30. The van der Waals surface area contributed by atoms with E-state index in [1.54, 1.807) is 7.11 Å². The van der Waals surface area contributed by atoms with Crippen molar-refractivity contribution in [2.45, 2.75) is 44.4 Å². The third-order valence-electron chi connectivity index (χ3n) is 5.30. The Kier molecular flexibility index (Phi) is 5.41. The number of likely N-dealkylation sites (tertiary alicyclic amines) is 1. The van der Waals surface area contributed by atoms with Crippen molar-refractivity contribution in [3.05, 3.63) is 34.9 Å². The predicted octanol–water partition coefficient (Wildman–Crippen LogP) is 3.44. The Hall–Kier alpha value is -2.30. The van der Waals surface area contributed by atoms with Crippen LogP contribution in [0.4, 0.5) is 0 Å². The Morgan fingerprint density at radius 3 is 2.48 bits per heavy atom. The maximum atomic E-state index is 11.6. The number of piperidine rings is 1. The van der Waals surface area contributed by atoms with Gasteiger partial charge in [-0.3, -0.25) is 4.79 Å². The van der Waals surface area contributed by atoms with Crippen LogP contribution >= 0.6 is 0 Å². The number of carbonyl (C=O) groups is 2. The second-order valence-electron chi connectivity index (χ2n) is 6.88. The first kappa shape index (κ1) is 17.5. The Labute approximate surface area is 148 Å². The topological polar surface area (TPSA) is 66.8 Å². The van der Waals surface area contributed by atoms with Crippen LogP contribution in [-0.2, 0) is 9.59 Å². The quantitative estimate of drug-likeness (QED) is 0.854. The standard InChI is InChI=1S/C20H25NO4/c1-25-18-7-6-16(13-17(18)12-14-4-2-3-5-14)15-8-10-21(11-9-15)19(22)20(23)24/h6-7,12-13,15H,2-5,8-11H2,1H3,(H,23,24). The van der Waals surface area contributed by atoms with Gasteiger partial charge >= 0.3 is 11.9 Å². The summed E-state index contributed by atoms with van der Waals surface area (Å²) in [4.78, 5) is 23.8. The van der Waals surface area contributed by atoms with Gasteiger partial charge in [-0.2, -0.15) is 0 Å². The Bertz CT molecular complexity index is 679. The number of rotatable bonds is 3. The molecule has 1 saturated heterocycles. The first-order valence-electron chi connectivity index (χ1n) is 8.98. The van der Waals surface area contributed by atoms with E-state index in [-0.39, 0.29) is 0 Å². The average molecular weight is 343 g/mol. The van der Waals surface area contributed by atoms with E-state index in [4.69, 9.17) is 9.84 Å². The lowest BCUT2D eigenvalue weighted by molar-refractivity contribution is -0.156. The van der Waals surface area contributed by atoms with Crippen molar-refractivity contribution in [1.82, 2.24) is 4.90 Å². The Morgan fingerprint density at radius 1 is 1.20 bits per heavy atom. The number of aliphatic carboxylic acids is 1. The smallest absolute Gasteiger partial charge is 0.394 e. The SMILES string of the molecule is COc1ccc(C2CCN(C(=O)C(=O)O)CC2)cc1C=C1CCCC1. The van der Waals surface area contributed by atoms with Crippen molar-refractivity contribution >= 4 is 18.0 Å². The molecule has 0 aromatic heterocycles. The van der Waals surface area contributed by atoms with Crippen molar-refractivity contribution in [3.8, 4) is 5.75 Å². The zero-order valence-electron chi connectivity index (χ0n) is 14.7. The minimum absolute atomic E-state index is 0.351. The van der Waals surface area contributed by atoms with E-state index < -0.39 is 11.9 Å². The summed E-state index contributed by atoms with van der Waals surface area (Å²) in [5.74, 6) is -0.917. The molecule has 5 nitrogen and oxygen atoms in total. The number of methoxy groups -OCH3 is 1. The number of hydrogen-bond donors (Lipinski definition) is 1. The number of ether oxygens (including phenoxy) is 1. The zero-order valence-corrected chi connectivity index (χ0v) is 14.7. The lowest BCUT2D eigenvalue weighted by Gasteiger charge is -2.31. The fourth-order valence-electron chi connectivity index (χ4n) is 3.86. The molecule has 0 atom stereocenters. The second kappa shape index (κ2) is 7.72. The molecule has 2 aliphatic rings. The first-order valence-corrected chi connectivity index (χ1v) is 8.98. The molecular weight excluding hydrogens is 318 g/mol. The normalized spacial score (nSPS) is 18.3. The molecular formula is C20H25NO4. The van der Waals surface area contributed by atoms with Crippen LogP contribution in [0.2, 0.25) is 0 Å². The molecule has 1 N–H and O–H groups in total. The van der Waals surface area contributed by atoms with Gasteiger partial charge in [0.15, 0.2) is 0 Å². The summed E-state index contributed by atoms with van der Waals surface area (Å²) < 4.78 is 5.51. The highest BCUT2D eigenvalue weighted by Gasteiger charge is 2.27. The van der Waals surface area contributed by atoms with Gasteiger partial charge in [0.05, 0.1) is 7.11 Å². The van der Waals surface area contributed by atoms with Gasteiger partial charge in [0, 0.05) is 18.7 Å². The van der Waals surface area contributed by atoms with Crippen LogP contribution in [0.15, 0.2) is 23.8 Å². The van der Waals surface area contributed by atoms with Gasteiger partial charge in [-0.1, -0.05) is 17.7 Å². The summed E-state index contributed by atoms with van der Waals surface area (Å²) in [5.41, 5.74) is 3.85. The van der Waals surface area contributed by atoms with E-state index in [0.717, 1.165) is 24.2 Å². The predicted molar refractivity (Wildman–Crippen MR) is 95.6 cm³/mol. The van der Waals surface area contributed by atoms with Gasteiger partial charge in [0.25, 0.3) is 0 Å². The zero-order chi connectivity index (χ0) is 17.8. The number of hydrogen-bond acceptors (Lipinski definition) is 3. The maximum Gasteiger partial charge on any atom is 0.394 e. The monoisotopic (exact) mass is 343 g/mol. The van der Waals surface area contributed by atoms with E-state index in [9.17, 15) is 9.59 Å². The van der Waals surface area contributed by atoms with Gasteiger partial charge in [0.2, 0.25) is 0 Å². The molecule has 0 spiro atoms. The number of carboxylic acids is 1. The molecule has 1 saturated carbocycles. The molecule has 1 heterocycles. The lowest BCUT2D eigenvalue weighted by atomic mass is 9.88. The molecule has 5 heteroatoms. The van der Waals surface area contributed by atoms with Crippen molar-refractivity contribution in [1.29, 1.82) is 0 Å². The summed E-state index contributed by atoms with van der Waals surface area (Å²) in [6.45, 7) is 0.997. The lowest BCUT2D eigenvalue weighted by Crippen LogP contribution is -2.41. The largest absolute Gasteiger partial charge is 0.496 e. The molecule has 2 fully saturated rings. The highest BCUT2D eigenvalue weighted by Crippen LogP contribution is 2.34. The van der Waals surface area contributed by atoms with E-state index in [2.05, 4.69) is 18.2 Å². The molecule has 25 heavy (non-hydrogen) atoms. The van der Waals surface area contributed by atoms with Crippen LogP contribution in [0.3, 0.4) is 0 Å². The van der Waals surface area contributed by atoms with Gasteiger partial charge in [-0.25, -0.2) is 4.79 Å². The van der Waals surface area contributed by atoms with Crippen LogP contribution < -0.4 is 4.74 Å². The fourth-order valence-corrected chi connectivity index (χ4v) is 3.86. The molecule has 0 unspecified atom stereocenters. The van der Waals surface area contributed by atoms with E-state index in [1.807, 2.05) is 6.07 Å². The van der Waals surface area contributed by atoms with Gasteiger partial charge in [-0.05, 0) is 62.1 Å². The van der Waals surface area contributed by atoms with E-state index >= 15 is 0 Å². The minimum Gasteiger partial charge on any atom is -0.496 e. The summed E-state index contributed by atoms with van der Waals surface area (Å²) >= 11 is 0. The third kappa shape index (κ3) is 4.03. The summed E-state index contributed by atoms with van der Waals surface area (Å²) in [6.07, 6.45) is 8.72. The van der Waals surface area contributed by atoms with E-state index in [1.165, 1.54) is 41.7 Å². The Morgan fingerprint density at radius 2 is 1.88 bits per heavy atom. The summed E-state index contributed by atoms with van der Waals surface area (Å²) in [5, 5.41) is 8.84. The van der Waals surface area contributed by atoms with Crippen molar-refractivity contribution < 1.29 is 19.4 Å². The van der Waals surface area contributed by atoms with Crippen molar-refractivity contribution in [2.75, 3.05) is 20.2 Å². The van der Waals surface area contributed by atoms with Crippen LogP contribution in [0, 0.1) is 0 Å². The van der Waals surface area contributed by atoms with Crippen molar-refractivity contribution in [2.24, 2.45) is 0 Å². The number of benzene rings is 1.